The maximum atomic E-state index is 11.2. The average molecular weight is 607 g/mol. The highest BCUT2D eigenvalue weighted by molar-refractivity contribution is 5.77. The Bertz CT molecular complexity index is 1850. The molecule has 8 nitrogen and oxygen atoms in total. The van der Waals surface area contributed by atoms with Gasteiger partial charge in [-0.25, -0.2) is 0 Å². The number of fused-ring (bicyclic) bond motifs is 5. The summed E-state index contributed by atoms with van der Waals surface area (Å²) in [5.41, 5.74) is 8.53. The molecule has 0 unspecified atom stereocenters. The van der Waals surface area contributed by atoms with Gasteiger partial charge >= 0.3 is 0 Å². The van der Waals surface area contributed by atoms with Crippen LogP contribution < -0.4 is 23.7 Å². The van der Waals surface area contributed by atoms with E-state index in [1.165, 1.54) is 11.1 Å². The van der Waals surface area contributed by atoms with E-state index < -0.39 is 0 Å². The summed E-state index contributed by atoms with van der Waals surface area (Å²) >= 11 is 0. The highest BCUT2D eigenvalue weighted by Crippen LogP contribution is 2.60. The molecule has 8 heteroatoms. The number of ether oxygens (including phenoxy) is 5. The first-order valence-electron chi connectivity index (χ1n) is 15.6. The SMILES string of the molecule is COc1ccc2cc1-c1cc(ccc1O)C[C@@H]1c3cc4c(cc3CCN1C)Oc1c(OC)c(OC)c3c(c1O4)[C@@H](C2)N(C)CC3. The largest absolute Gasteiger partial charge is 0.507 e. The smallest absolute Gasteiger partial charge is 0.216 e. The Balaban J connectivity index is 1.42. The van der Waals surface area contributed by atoms with Crippen LogP contribution in [0.3, 0.4) is 0 Å². The maximum Gasteiger partial charge on any atom is 0.216 e. The molecule has 0 aliphatic carbocycles. The van der Waals surface area contributed by atoms with Crippen LogP contribution in [0.4, 0.5) is 0 Å². The first-order valence-corrected chi connectivity index (χ1v) is 15.6. The predicted molar refractivity (Wildman–Crippen MR) is 172 cm³/mol. The Labute approximate surface area is 263 Å². The first kappa shape index (κ1) is 28.1. The number of rotatable bonds is 3. The lowest BCUT2D eigenvalue weighted by Crippen LogP contribution is -2.34. The van der Waals surface area contributed by atoms with E-state index in [4.69, 9.17) is 23.7 Å². The fourth-order valence-electron chi connectivity index (χ4n) is 7.79. The summed E-state index contributed by atoms with van der Waals surface area (Å²) in [7, 11) is 9.37. The maximum absolute atomic E-state index is 11.2. The number of phenolic OH excluding ortho intramolecular Hbond substituents is 1. The molecule has 7 bridgehead atoms. The van der Waals surface area contributed by atoms with E-state index in [-0.39, 0.29) is 17.8 Å². The Morgan fingerprint density at radius 1 is 0.711 bits per heavy atom. The van der Waals surface area contributed by atoms with Gasteiger partial charge in [-0.3, -0.25) is 9.80 Å². The zero-order valence-corrected chi connectivity index (χ0v) is 26.4. The highest BCUT2D eigenvalue weighted by atomic mass is 16.6. The molecule has 0 amide bonds. The number of aromatic hydroxyl groups is 1. The van der Waals surface area contributed by atoms with Crippen LogP contribution in [-0.2, 0) is 25.7 Å². The lowest BCUT2D eigenvalue weighted by molar-refractivity contribution is 0.214. The third-order valence-electron chi connectivity index (χ3n) is 10.2. The second kappa shape index (κ2) is 10.6. The van der Waals surface area contributed by atoms with Gasteiger partial charge in [0, 0.05) is 47.4 Å². The van der Waals surface area contributed by atoms with Crippen LogP contribution in [0.1, 0.15) is 45.5 Å². The van der Waals surface area contributed by atoms with Gasteiger partial charge in [0.25, 0.3) is 0 Å². The van der Waals surface area contributed by atoms with Crippen LogP contribution in [0.25, 0.3) is 11.1 Å². The Morgan fingerprint density at radius 3 is 2.16 bits per heavy atom. The summed E-state index contributed by atoms with van der Waals surface area (Å²) in [6, 6.07) is 16.6. The van der Waals surface area contributed by atoms with Crippen molar-refractivity contribution in [3.8, 4) is 57.1 Å². The molecule has 0 saturated heterocycles. The molecule has 2 atom stereocenters. The summed E-state index contributed by atoms with van der Waals surface area (Å²) in [4.78, 5) is 4.78. The molecule has 0 radical (unpaired) electrons. The monoisotopic (exact) mass is 606 g/mol. The van der Waals surface area contributed by atoms with Crippen molar-refractivity contribution in [2.24, 2.45) is 0 Å². The molecule has 232 valence electrons. The first-order chi connectivity index (χ1) is 21.9. The van der Waals surface area contributed by atoms with Crippen molar-refractivity contribution in [1.82, 2.24) is 9.80 Å². The van der Waals surface area contributed by atoms with Crippen LogP contribution in [0.5, 0.6) is 46.0 Å². The van der Waals surface area contributed by atoms with Crippen molar-refractivity contribution in [3.63, 3.8) is 0 Å². The van der Waals surface area contributed by atoms with Gasteiger partial charge in [-0.1, -0.05) is 12.1 Å². The lowest BCUT2D eigenvalue weighted by atomic mass is 9.85. The summed E-state index contributed by atoms with van der Waals surface area (Å²) < 4.78 is 31.5. The van der Waals surface area contributed by atoms with Gasteiger partial charge in [0.1, 0.15) is 11.5 Å². The second-order valence-electron chi connectivity index (χ2n) is 12.6. The van der Waals surface area contributed by atoms with Crippen molar-refractivity contribution in [2.75, 3.05) is 48.5 Å². The molecule has 45 heavy (non-hydrogen) atoms. The standard InChI is InChI=1S/C37H38N2O6/c1-38-12-10-22-18-31-32-19-24(22)27(38)16-20-6-8-29(40)25(14-20)26-15-21(7-9-30(26)41-3)17-28-33-23(11-13-39(28)2)34(42-4)36(43-5)37(45-31)35(33)44-32/h6-9,14-15,18-19,27-28,40H,10-13,16-17H2,1-5H3/t27-,28-/m1/s1. The van der Waals surface area contributed by atoms with Gasteiger partial charge in [-0.15, -0.1) is 0 Å². The van der Waals surface area contributed by atoms with Gasteiger partial charge in [0.2, 0.25) is 11.5 Å². The Hall–Kier alpha value is -4.40. The minimum absolute atomic E-state index is 0.0296. The van der Waals surface area contributed by atoms with Gasteiger partial charge in [-0.05, 0) is 98.4 Å². The van der Waals surface area contributed by atoms with E-state index in [1.54, 1.807) is 21.3 Å². The Morgan fingerprint density at radius 2 is 1.38 bits per heavy atom. The Kier molecular flexibility index (Phi) is 6.62. The van der Waals surface area contributed by atoms with Crippen LogP contribution in [0.15, 0.2) is 48.5 Å². The minimum atomic E-state index is -0.0296. The molecule has 4 aromatic carbocycles. The minimum Gasteiger partial charge on any atom is -0.507 e. The number of likely N-dealkylation sites (N-methyl/N-ethyl adjacent to an activating group) is 2. The van der Waals surface area contributed by atoms with E-state index >= 15 is 0 Å². The molecule has 1 N–H and O–H groups in total. The summed E-state index contributed by atoms with van der Waals surface area (Å²) in [6.07, 6.45) is 3.18. The van der Waals surface area contributed by atoms with Crippen LogP contribution in [-0.4, -0.2) is 63.4 Å². The van der Waals surface area contributed by atoms with E-state index in [9.17, 15) is 5.11 Å². The molecule has 4 aliphatic heterocycles. The van der Waals surface area contributed by atoms with E-state index in [2.05, 4.69) is 54.2 Å². The van der Waals surface area contributed by atoms with Crippen molar-refractivity contribution < 1.29 is 28.8 Å². The molecule has 4 heterocycles. The number of methoxy groups -OCH3 is 3. The molecular weight excluding hydrogens is 568 g/mol. The fraction of sp³-hybridized carbons (Fsp3) is 0.351. The summed E-state index contributed by atoms with van der Waals surface area (Å²) in [5.74, 6) is 4.88. The normalized spacial score (nSPS) is 19.8. The van der Waals surface area contributed by atoms with Crippen molar-refractivity contribution in [2.45, 2.75) is 37.8 Å². The highest BCUT2D eigenvalue weighted by Gasteiger charge is 2.40. The zero-order valence-electron chi connectivity index (χ0n) is 26.4. The van der Waals surface area contributed by atoms with Crippen LogP contribution in [0.2, 0.25) is 0 Å². The topological polar surface area (TPSA) is 72.9 Å². The van der Waals surface area contributed by atoms with Crippen molar-refractivity contribution in [1.29, 1.82) is 0 Å². The molecule has 0 aromatic heterocycles. The third-order valence-corrected chi connectivity index (χ3v) is 10.2. The molecule has 0 fully saturated rings. The van der Waals surface area contributed by atoms with Gasteiger partial charge in [-0.2, -0.15) is 0 Å². The molecule has 0 saturated carbocycles. The molecule has 4 aliphatic rings. The lowest BCUT2D eigenvalue weighted by Gasteiger charge is -2.39. The molecular formula is C37H38N2O6. The van der Waals surface area contributed by atoms with Gasteiger partial charge < -0.3 is 28.8 Å². The fourth-order valence-corrected chi connectivity index (χ4v) is 7.79. The van der Waals surface area contributed by atoms with E-state index in [0.717, 1.165) is 71.5 Å². The molecule has 8 rings (SSSR count). The number of nitrogens with zero attached hydrogens (tertiary/aromatic N) is 2. The third kappa shape index (κ3) is 4.34. The predicted octanol–water partition coefficient (Wildman–Crippen LogP) is 6.84. The number of benzene rings is 4. The van der Waals surface area contributed by atoms with E-state index in [1.807, 2.05) is 18.2 Å². The zero-order chi connectivity index (χ0) is 31.0. The second-order valence-corrected chi connectivity index (χ2v) is 12.6. The van der Waals surface area contributed by atoms with Crippen molar-refractivity contribution >= 4 is 0 Å². The van der Waals surface area contributed by atoms with E-state index in [0.29, 0.717) is 40.9 Å². The number of hydrogen-bond donors (Lipinski definition) is 1. The average Bonchev–Trinajstić information content (AvgIpc) is 3.05. The number of hydrogen-bond acceptors (Lipinski definition) is 8. The quantitative estimate of drug-likeness (QED) is 0.239. The van der Waals surface area contributed by atoms with Gasteiger partial charge in [0.15, 0.2) is 23.0 Å². The summed E-state index contributed by atoms with van der Waals surface area (Å²) in [5, 5.41) is 11.2. The van der Waals surface area contributed by atoms with Gasteiger partial charge in [0.05, 0.1) is 21.3 Å². The van der Waals surface area contributed by atoms with Crippen molar-refractivity contribution in [3.05, 3.63) is 81.9 Å². The van der Waals surface area contributed by atoms with Crippen LogP contribution in [0, 0.1) is 0 Å². The summed E-state index contributed by atoms with van der Waals surface area (Å²) in [6.45, 7) is 1.77. The molecule has 4 aromatic rings. The van der Waals surface area contributed by atoms with Crippen LogP contribution >= 0.6 is 0 Å². The molecule has 0 spiro atoms. The number of phenols is 1.